The molecule has 8 heteroatoms. The van der Waals surface area contributed by atoms with Crippen LogP contribution in [0, 0.1) is 5.92 Å². The number of amides is 3. The summed E-state index contributed by atoms with van der Waals surface area (Å²) in [5.74, 6) is -0.00384. The van der Waals surface area contributed by atoms with Crippen molar-refractivity contribution >= 4 is 23.3 Å². The molecular formula is C37H56N4O4. The van der Waals surface area contributed by atoms with E-state index >= 15 is 0 Å². The topological polar surface area (TPSA) is 91.0 Å². The number of carbonyl (C=O) groups excluding carboxylic acids is 3. The van der Waals surface area contributed by atoms with Gasteiger partial charge in [-0.3, -0.25) is 19.3 Å². The van der Waals surface area contributed by atoms with Crippen molar-refractivity contribution in [2.45, 2.75) is 98.7 Å². The van der Waals surface area contributed by atoms with Gasteiger partial charge < -0.3 is 20.3 Å². The molecule has 1 aromatic rings. The Bertz CT molecular complexity index is 1250. The second kappa shape index (κ2) is 19.0. The average Bonchev–Trinajstić information content (AvgIpc) is 3.24. The Morgan fingerprint density at radius 2 is 1.73 bits per heavy atom. The molecule has 2 unspecified atom stereocenters. The number of benzene rings is 1. The zero-order valence-corrected chi connectivity index (χ0v) is 29.0. The summed E-state index contributed by atoms with van der Waals surface area (Å²) in [5, 5.41) is 6.03. The highest BCUT2D eigenvalue weighted by Crippen LogP contribution is 2.24. The van der Waals surface area contributed by atoms with E-state index in [1.165, 1.54) is 6.42 Å². The number of nitrogens with one attached hydrogen (secondary N) is 2. The molecule has 3 amide bonds. The van der Waals surface area contributed by atoms with E-state index in [0.717, 1.165) is 36.9 Å². The summed E-state index contributed by atoms with van der Waals surface area (Å²) >= 11 is 0. The van der Waals surface area contributed by atoms with E-state index in [-0.39, 0.29) is 42.3 Å². The van der Waals surface area contributed by atoms with Crippen molar-refractivity contribution in [2.75, 3.05) is 27.2 Å². The lowest BCUT2D eigenvalue weighted by molar-refractivity contribution is -0.138. The summed E-state index contributed by atoms with van der Waals surface area (Å²) in [7, 11) is 3.28. The molecule has 2 aliphatic rings. The van der Waals surface area contributed by atoms with Crippen molar-refractivity contribution in [1.82, 2.24) is 20.4 Å². The van der Waals surface area contributed by atoms with Crippen LogP contribution in [-0.4, -0.2) is 72.9 Å². The maximum atomic E-state index is 13.4. The van der Waals surface area contributed by atoms with Crippen LogP contribution < -0.4 is 10.6 Å². The first-order chi connectivity index (χ1) is 21.4. The van der Waals surface area contributed by atoms with Crippen molar-refractivity contribution in [1.29, 1.82) is 0 Å². The fourth-order valence-corrected chi connectivity index (χ4v) is 5.34. The van der Waals surface area contributed by atoms with Crippen LogP contribution in [0.3, 0.4) is 0 Å². The summed E-state index contributed by atoms with van der Waals surface area (Å²) in [5.41, 5.74) is 3.29. The van der Waals surface area contributed by atoms with Gasteiger partial charge in [0.1, 0.15) is 11.8 Å². The smallest absolute Gasteiger partial charge is 0.250 e. The van der Waals surface area contributed by atoms with Crippen LogP contribution in [-0.2, 0) is 19.1 Å². The van der Waals surface area contributed by atoms with Gasteiger partial charge in [-0.2, -0.15) is 0 Å². The molecule has 1 aromatic carbocycles. The Morgan fingerprint density at radius 1 is 1.07 bits per heavy atom. The third-order valence-electron chi connectivity index (χ3n) is 7.98. The molecule has 2 atom stereocenters. The quantitative estimate of drug-likeness (QED) is 0.286. The van der Waals surface area contributed by atoms with Crippen molar-refractivity contribution in [3.8, 4) is 0 Å². The molecule has 248 valence electrons. The van der Waals surface area contributed by atoms with Gasteiger partial charge in [-0.1, -0.05) is 89.1 Å². The number of likely N-dealkylation sites (N-methyl/N-ethyl adjacent to an activating group) is 1. The first-order valence-electron chi connectivity index (χ1n) is 16.4. The number of hydrogen-bond acceptors (Lipinski definition) is 5. The van der Waals surface area contributed by atoms with E-state index in [1.807, 2.05) is 56.3 Å². The highest BCUT2D eigenvalue weighted by Gasteiger charge is 2.34. The van der Waals surface area contributed by atoms with Gasteiger partial charge in [-0.05, 0) is 63.3 Å². The van der Waals surface area contributed by atoms with E-state index in [9.17, 15) is 14.4 Å². The summed E-state index contributed by atoms with van der Waals surface area (Å²) in [6.07, 6.45) is 12.3. The minimum Gasteiger partial charge on any atom is -0.495 e. The van der Waals surface area contributed by atoms with E-state index in [4.69, 9.17) is 4.74 Å². The van der Waals surface area contributed by atoms with Crippen molar-refractivity contribution in [3.63, 3.8) is 0 Å². The number of nitrogens with zero attached hydrogens (tertiary/aromatic N) is 2. The van der Waals surface area contributed by atoms with E-state index in [2.05, 4.69) is 49.3 Å². The van der Waals surface area contributed by atoms with Gasteiger partial charge >= 0.3 is 0 Å². The number of likely N-dealkylation sites (tertiary alicyclic amines) is 1. The van der Waals surface area contributed by atoms with Crippen LogP contribution in [0.25, 0.3) is 5.57 Å². The first-order valence-corrected chi connectivity index (χ1v) is 16.4. The van der Waals surface area contributed by atoms with Gasteiger partial charge in [0.15, 0.2) is 0 Å². The zero-order chi connectivity index (χ0) is 33.5. The average molecular weight is 621 g/mol. The molecule has 0 bridgehead atoms. The number of piperidine rings is 1. The second-order valence-corrected chi connectivity index (χ2v) is 12.5. The normalized spacial score (nSPS) is 18.0. The van der Waals surface area contributed by atoms with Crippen LogP contribution in [0.4, 0.5) is 0 Å². The molecule has 45 heavy (non-hydrogen) atoms. The fourth-order valence-electron chi connectivity index (χ4n) is 5.34. The van der Waals surface area contributed by atoms with Crippen LogP contribution >= 0.6 is 0 Å². The highest BCUT2D eigenvalue weighted by atomic mass is 16.5. The van der Waals surface area contributed by atoms with Crippen LogP contribution in [0.1, 0.15) is 86.1 Å². The van der Waals surface area contributed by atoms with E-state index in [0.29, 0.717) is 23.5 Å². The van der Waals surface area contributed by atoms with Crippen molar-refractivity contribution in [2.24, 2.45) is 5.92 Å². The number of ether oxygens (including phenoxy) is 1. The lowest BCUT2D eigenvalue weighted by Crippen LogP contribution is -2.57. The number of allylic oxidation sites excluding steroid dienone is 4. The van der Waals surface area contributed by atoms with Gasteiger partial charge in [-0.25, -0.2) is 0 Å². The van der Waals surface area contributed by atoms with E-state index < -0.39 is 6.04 Å². The summed E-state index contributed by atoms with van der Waals surface area (Å²) in [4.78, 5) is 43.6. The fraction of sp³-hybridized carbons (Fsp3) is 0.541. The lowest BCUT2D eigenvalue weighted by atomic mass is 9.97. The first kappa shape index (κ1) is 37.5. The molecule has 1 saturated heterocycles. The monoisotopic (exact) mass is 620 g/mol. The molecule has 1 fully saturated rings. The third kappa shape index (κ3) is 11.3. The molecule has 1 aliphatic heterocycles. The zero-order valence-electron chi connectivity index (χ0n) is 29.0. The van der Waals surface area contributed by atoms with Crippen LogP contribution in [0.2, 0.25) is 0 Å². The predicted molar refractivity (Wildman–Crippen MR) is 184 cm³/mol. The third-order valence-corrected chi connectivity index (χ3v) is 7.98. The number of rotatable bonds is 11. The van der Waals surface area contributed by atoms with Gasteiger partial charge in [0.25, 0.3) is 5.91 Å². The van der Waals surface area contributed by atoms with E-state index in [1.54, 1.807) is 32.1 Å². The Kier molecular flexibility index (Phi) is 15.8. The molecule has 0 spiro atoms. The molecule has 1 heterocycles. The minimum atomic E-state index is -0.640. The maximum Gasteiger partial charge on any atom is 0.250 e. The largest absolute Gasteiger partial charge is 0.495 e. The Balaban J connectivity index is 0.00000226. The predicted octanol–water partition coefficient (Wildman–Crippen LogP) is 6.23. The lowest BCUT2D eigenvalue weighted by Gasteiger charge is -2.38. The molecule has 3 rings (SSSR count). The Morgan fingerprint density at radius 3 is 2.33 bits per heavy atom. The molecule has 8 nitrogen and oxygen atoms in total. The van der Waals surface area contributed by atoms with Crippen molar-refractivity contribution in [3.05, 3.63) is 77.2 Å². The molecular weight excluding hydrogens is 564 g/mol. The number of carbonyl (C=O) groups is 3. The van der Waals surface area contributed by atoms with Gasteiger partial charge in [0.2, 0.25) is 11.8 Å². The standard InChI is InChI=1S/C34H48N4O4.C3H8/c1-23(2)31(36-33(40)29-15-11-12-21-38(29)24(3)4)34(41)37(6)22-20-25(5)32(39)35-28-18-16-27(17-19-30(28)42-7)26-13-9-8-10-14-26;1-3-2/h8-10,13-14,16-17,19-20,23-24,29,31H,11-12,15,18,21-22H2,1-7H3,(H,35,39)(H,36,40);3H2,1-2H3/b25-20+;. The molecule has 0 radical (unpaired) electrons. The summed E-state index contributed by atoms with van der Waals surface area (Å²) < 4.78 is 5.56. The summed E-state index contributed by atoms with van der Waals surface area (Å²) in [6.45, 7) is 15.2. The van der Waals surface area contributed by atoms with Crippen LogP contribution in [0.5, 0.6) is 0 Å². The van der Waals surface area contributed by atoms with Crippen LogP contribution in [0.15, 0.2) is 71.7 Å². The summed E-state index contributed by atoms with van der Waals surface area (Å²) in [6, 6.07) is 9.46. The number of hydrogen-bond donors (Lipinski definition) is 2. The van der Waals surface area contributed by atoms with Gasteiger partial charge in [0, 0.05) is 31.6 Å². The highest BCUT2D eigenvalue weighted by molar-refractivity contribution is 5.94. The number of methoxy groups -OCH3 is 1. The molecule has 1 aliphatic carbocycles. The van der Waals surface area contributed by atoms with Gasteiger partial charge in [-0.15, -0.1) is 0 Å². The minimum absolute atomic E-state index is 0.0788. The van der Waals surface area contributed by atoms with Crippen molar-refractivity contribution < 1.29 is 19.1 Å². The Labute approximate surface area is 271 Å². The SMILES string of the molecule is CCC.COC1=C(NC(=O)/C(C)=C/CN(C)C(=O)C(NC(=O)C2CCCCN2C(C)C)C(C)C)CC=C(c2ccccc2)C=C1. The molecule has 0 aromatic heterocycles. The Hall–Kier alpha value is -3.65. The molecule has 2 N–H and O–H groups in total. The maximum absolute atomic E-state index is 13.4. The second-order valence-electron chi connectivity index (χ2n) is 12.5. The molecule has 0 saturated carbocycles. The van der Waals surface area contributed by atoms with Gasteiger partial charge in [0.05, 0.1) is 18.8 Å².